The van der Waals surface area contributed by atoms with Crippen LogP contribution < -0.4 is 5.32 Å². The van der Waals surface area contributed by atoms with E-state index in [4.69, 9.17) is 16.3 Å². The second-order valence-corrected chi connectivity index (χ2v) is 9.03. The first-order valence-electron chi connectivity index (χ1n) is 10.4. The average Bonchev–Trinajstić information content (AvgIpc) is 3.15. The number of halogens is 2. The van der Waals surface area contributed by atoms with Crippen molar-refractivity contribution in [1.29, 1.82) is 0 Å². The minimum atomic E-state index is -0.392. The van der Waals surface area contributed by atoms with E-state index in [1.807, 2.05) is 67.7 Å². The van der Waals surface area contributed by atoms with Gasteiger partial charge in [0.15, 0.2) is 0 Å². The molecule has 0 saturated carbocycles. The van der Waals surface area contributed by atoms with Crippen molar-refractivity contribution < 1.29 is 14.3 Å². The third kappa shape index (κ3) is 4.97. The molecule has 33 heavy (non-hydrogen) atoms. The molecule has 0 spiro atoms. The Bertz CT molecular complexity index is 1310. The number of para-hydroxylation sites is 1. The first-order valence-corrected chi connectivity index (χ1v) is 11.6. The lowest BCUT2D eigenvalue weighted by Gasteiger charge is -2.16. The molecule has 1 amide bonds. The molecule has 3 aromatic carbocycles. The van der Waals surface area contributed by atoms with E-state index in [1.54, 1.807) is 12.1 Å². The van der Waals surface area contributed by atoms with Crippen molar-refractivity contribution in [3.05, 3.63) is 105 Å². The maximum absolute atomic E-state index is 13.3. The molecule has 5 nitrogen and oxygen atoms in total. The van der Waals surface area contributed by atoms with Crippen molar-refractivity contribution in [1.82, 2.24) is 9.88 Å². The average molecular weight is 526 g/mol. The summed E-state index contributed by atoms with van der Waals surface area (Å²) in [6.45, 7) is 2.52. The van der Waals surface area contributed by atoms with Gasteiger partial charge in [-0.1, -0.05) is 48.0 Å². The summed E-state index contributed by atoms with van der Waals surface area (Å²) in [6, 6.07) is 20.1. The molecule has 1 heterocycles. The van der Waals surface area contributed by atoms with Gasteiger partial charge in [-0.2, -0.15) is 0 Å². The number of hydrogen-bond acceptors (Lipinski definition) is 3. The Morgan fingerprint density at radius 1 is 1.06 bits per heavy atom. The van der Waals surface area contributed by atoms with E-state index in [9.17, 15) is 9.59 Å². The maximum atomic E-state index is 13.3. The van der Waals surface area contributed by atoms with Gasteiger partial charge in [0, 0.05) is 27.6 Å². The predicted octanol–water partition coefficient (Wildman–Crippen LogP) is 6.38. The fourth-order valence-corrected chi connectivity index (χ4v) is 4.49. The van der Waals surface area contributed by atoms with Crippen LogP contribution in [0.2, 0.25) is 5.02 Å². The summed E-state index contributed by atoms with van der Waals surface area (Å²) >= 11 is 9.65. The monoisotopic (exact) mass is 524 g/mol. The summed E-state index contributed by atoms with van der Waals surface area (Å²) in [4.78, 5) is 24.9. The van der Waals surface area contributed by atoms with Gasteiger partial charge >= 0.3 is 5.97 Å². The highest BCUT2D eigenvalue weighted by molar-refractivity contribution is 9.10. The fraction of sp³-hybridized carbons (Fsp3) is 0.154. The summed E-state index contributed by atoms with van der Waals surface area (Å²) in [5.74, 6) is -0.565. The van der Waals surface area contributed by atoms with E-state index in [-0.39, 0.29) is 11.9 Å². The number of nitrogens with zero attached hydrogens (tertiary/aromatic N) is 1. The molecule has 0 aliphatic carbocycles. The minimum Gasteiger partial charge on any atom is -0.465 e. The predicted molar refractivity (Wildman–Crippen MR) is 134 cm³/mol. The summed E-state index contributed by atoms with van der Waals surface area (Å²) in [6.07, 6.45) is 1.99. The van der Waals surface area contributed by atoms with E-state index >= 15 is 0 Å². The molecular formula is C26H22BrClN2O3. The Morgan fingerprint density at radius 3 is 2.42 bits per heavy atom. The van der Waals surface area contributed by atoms with Gasteiger partial charge in [-0.15, -0.1) is 0 Å². The van der Waals surface area contributed by atoms with Crippen molar-refractivity contribution in [3.63, 3.8) is 0 Å². The number of amides is 1. The van der Waals surface area contributed by atoms with Gasteiger partial charge in [0.2, 0.25) is 0 Å². The summed E-state index contributed by atoms with van der Waals surface area (Å²) < 4.78 is 7.73. The zero-order chi connectivity index (χ0) is 23.5. The highest BCUT2D eigenvalue weighted by atomic mass is 79.9. The number of methoxy groups -OCH3 is 1. The Labute approximate surface area is 205 Å². The third-order valence-electron chi connectivity index (χ3n) is 5.54. The number of esters is 1. The quantitative estimate of drug-likeness (QED) is 0.297. The first kappa shape index (κ1) is 23.1. The molecule has 0 unspecified atom stereocenters. The van der Waals surface area contributed by atoms with Crippen LogP contribution in [0.5, 0.6) is 0 Å². The lowest BCUT2D eigenvalue weighted by Crippen LogP contribution is -2.27. The highest BCUT2D eigenvalue weighted by Crippen LogP contribution is 2.30. The molecule has 4 aromatic rings. The number of rotatable bonds is 6. The molecule has 1 aromatic heterocycles. The van der Waals surface area contributed by atoms with E-state index in [1.165, 1.54) is 7.11 Å². The van der Waals surface area contributed by atoms with Gasteiger partial charge in [0.05, 0.1) is 29.8 Å². The number of carbonyl (C=O) groups is 2. The topological polar surface area (TPSA) is 60.3 Å². The highest BCUT2D eigenvalue weighted by Gasteiger charge is 2.18. The molecule has 4 rings (SSSR count). The second kappa shape index (κ2) is 9.81. The van der Waals surface area contributed by atoms with Crippen LogP contribution in [-0.2, 0) is 11.3 Å². The van der Waals surface area contributed by atoms with Crippen molar-refractivity contribution in [2.45, 2.75) is 19.5 Å². The normalized spacial score (nSPS) is 11.9. The van der Waals surface area contributed by atoms with Crippen molar-refractivity contribution >= 4 is 50.3 Å². The smallest absolute Gasteiger partial charge is 0.337 e. The fourth-order valence-electron chi connectivity index (χ4n) is 3.79. The standard InChI is InChI=1S/C26H22BrClN2O3/c1-16(18-8-10-19(11-9-18)26(32)33-2)29-25(31)22-5-3-4-21-23(27)15-30(24(21)22)14-17-6-12-20(28)13-7-17/h3-13,15-16H,14H2,1-2H3,(H,29,31)/t16-/m0/s1. The zero-order valence-corrected chi connectivity index (χ0v) is 20.5. The number of nitrogens with one attached hydrogen (secondary N) is 1. The summed E-state index contributed by atoms with van der Waals surface area (Å²) in [5, 5.41) is 4.72. The first-order chi connectivity index (χ1) is 15.9. The SMILES string of the molecule is COC(=O)c1ccc([C@H](C)NC(=O)c2cccc3c(Br)cn(Cc4ccc(Cl)cc4)c23)cc1. The Hall–Kier alpha value is -3.09. The van der Waals surface area contributed by atoms with E-state index < -0.39 is 5.97 Å². The maximum Gasteiger partial charge on any atom is 0.337 e. The Balaban J connectivity index is 1.61. The van der Waals surface area contributed by atoms with Crippen LogP contribution in [0.15, 0.2) is 77.4 Å². The Morgan fingerprint density at radius 2 is 1.76 bits per heavy atom. The number of fused-ring (bicyclic) bond motifs is 1. The van der Waals surface area contributed by atoms with Gasteiger partial charge in [0.25, 0.3) is 5.91 Å². The molecule has 0 fully saturated rings. The van der Waals surface area contributed by atoms with Gasteiger partial charge in [-0.25, -0.2) is 4.79 Å². The molecule has 0 saturated heterocycles. The van der Waals surface area contributed by atoms with Crippen LogP contribution in [0.4, 0.5) is 0 Å². The molecule has 168 valence electrons. The molecular weight excluding hydrogens is 504 g/mol. The molecule has 0 radical (unpaired) electrons. The molecule has 1 N–H and O–H groups in total. The van der Waals surface area contributed by atoms with Crippen LogP contribution in [-0.4, -0.2) is 23.6 Å². The van der Waals surface area contributed by atoms with Crippen molar-refractivity contribution in [3.8, 4) is 0 Å². The van der Waals surface area contributed by atoms with Crippen LogP contribution in [0.25, 0.3) is 10.9 Å². The van der Waals surface area contributed by atoms with Gasteiger partial charge in [0.1, 0.15) is 0 Å². The zero-order valence-electron chi connectivity index (χ0n) is 18.1. The molecule has 0 bridgehead atoms. The van der Waals surface area contributed by atoms with E-state index in [0.717, 1.165) is 26.5 Å². The van der Waals surface area contributed by atoms with Crippen LogP contribution in [0, 0.1) is 0 Å². The summed E-state index contributed by atoms with van der Waals surface area (Å²) in [5.41, 5.74) is 3.88. The minimum absolute atomic E-state index is 0.173. The van der Waals surface area contributed by atoms with Crippen LogP contribution in [0.1, 0.15) is 44.8 Å². The largest absolute Gasteiger partial charge is 0.465 e. The number of carbonyl (C=O) groups excluding carboxylic acids is 2. The molecule has 7 heteroatoms. The number of benzene rings is 3. The summed E-state index contributed by atoms with van der Waals surface area (Å²) in [7, 11) is 1.35. The number of ether oxygens (including phenoxy) is 1. The molecule has 0 aliphatic heterocycles. The molecule has 1 atom stereocenters. The van der Waals surface area contributed by atoms with Crippen molar-refractivity contribution in [2.24, 2.45) is 0 Å². The van der Waals surface area contributed by atoms with Crippen LogP contribution >= 0.6 is 27.5 Å². The number of aromatic nitrogens is 1. The molecule has 0 aliphatic rings. The number of hydrogen-bond donors (Lipinski definition) is 1. The van der Waals surface area contributed by atoms with Gasteiger partial charge in [-0.3, -0.25) is 4.79 Å². The van der Waals surface area contributed by atoms with Gasteiger partial charge in [-0.05, 0) is 64.3 Å². The van der Waals surface area contributed by atoms with Gasteiger partial charge < -0.3 is 14.6 Å². The lowest BCUT2D eigenvalue weighted by atomic mass is 10.0. The second-order valence-electron chi connectivity index (χ2n) is 7.74. The van der Waals surface area contributed by atoms with Crippen molar-refractivity contribution in [2.75, 3.05) is 7.11 Å². The lowest BCUT2D eigenvalue weighted by molar-refractivity contribution is 0.0600. The van der Waals surface area contributed by atoms with E-state index in [2.05, 4.69) is 25.8 Å². The third-order valence-corrected chi connectivity index (χ3v) is 6.42. The van der Waals surface area contributed by atoms with Crippen LogP contribution in [0.3, 0.4) is 0 Å². The Kier molecular flexibility index (Phi) is 6.86. The van der Waals surface area contributed by atoms with E-state index in [0.29, 0.717) is 22.7 Å².